The Morgan fingerprint density at radius 1 is 1.21 bits per heavy atom. The third-order valence-corrected chi connectivity index (χ3v) is 7.39. The molecule has 2 aliphatic rings. The lowest BCUT2D eigenvalue weighted by Gasteiger charge is -2.30. The van der Waals surface area contributed by atoms with Gasteiger partial charge in [-0.25, -0.2) is 14.2 Å². The summed E-state index contributed by atoms with van der Waals surface area (Å²) >= 11 is 0. The zero-order valence-electron chi connectivity index (χ0n) is 23.3. The summed E-state index contributed by atoms with van der Waals surface area (Å²) in [4.78, 5) is 22.6. The number of imidazole rings is 1. The van der Waals surface area contributed by atoms with Crippen molar-refractivity contribution < 1.29 is 28.5 Å². The molecule has 0 bridgehead atoms. The molecule has 1 N–H and O–H groups in total. The standard InChI is InChI=1S/C30H28FN7O5/c1-41-25-11-19(14-32)5-6-20(25)17-43-28-4-2-3-26(34-28)36-8-9-37(33-18-36)16-27-35-29-23(31)12-21(30(39)40)13-24(29)38(27)15-22-7-10-42-22/h2-6,11-13,18,22H,7-10,15-17H2,1H3,(H,39,40). The normalized spacial score (nSPS) is 16.2. The lowest BCUT2D eigenvalue weighted by Crippen LogP contribution is -2.38. The Balaban J connectivity index is 1.16. The van der Waals surface area contributed by atoms with Crippen molar-refractivity contribution >= 4 is 29.2 Å². The van der Waals surface area contributed by atoms with Crippen LogP contribution in [0.25, 0.3) is 11.0 Å². The van der Waals surface area contributed by atoms with Crippen molar-refractivity contribution in [2.24, 2.45) is 5.10 Å². The van der Waals surface area contributed by atoms with Crippen LogP contribution in [0.4, 0.5) is 10.2 Å². The van der Waals surface area contributed by atoms with Crippen LogP contribution in [0.2, 0.25) is 0 Å². The Morgan fingerprint density at radius 3 is 2.77 bits per heavy atom. The highest BCUT2D eigenvalue weighted by Gasteiger charge is 2.25. The maximum atomic E-state index is 14.8. The molecule has 4 heterocycles. The number of carbonyl (C=O) groups is 1. The average molecular weight is 586 g/mol. The second-order valence-corrected chi connectivity index (χ2v) is 10.1. The van der Waals surface area contributed by atoms with Crippen molar-refractivity contribution in [3.8, 4) is 17.7 Å². The zero-order valence-corrected chi connectivity index (χ0v) is 23.3. The monoisotopic (exact) mass is 585 g/mol. The van der Waals surface area contributed by atoms with Gasteiger partial charge >= 0.3 is 5.97 Å². The maximum Gasteiger partial charge on any atom is 0.335 e. The summed E-state index contributed by atoms with van der Waals surface area (Å²) < 4.78 is 33.6. The maximum absolute atomic E-state index is 14.8. The van der Waals surface area contributed by atoms with Crippen LogP contribution in [0.1, 0.15) is 33.7 Å². The molecule has 2 aromatic heterocycles. The van der Waals surface area contributed by atoms with Gasteiger partial charge in [0.15, 0.2) is 5.82 Å². The fourth-order valence-corrected chi connectivity index (χ4v) is 4.97. The number of hydrazone groups is 1. The minimum atomic E-state index is -1.20. The number of benzene rings is 2. The molecule has 13 heteroatoms. The van der Waals surface area contributed by atoms with E-state index in [1.807, 2.05) is 26.6 Å². The smallest absolute Gasteiger partial charge is 0.335 e. The predicted octanol–water partition coefficient (Wildman–Crippen LogP) is 3.78. The van der Waals surface area contributed by atoms with E-state index in [1.165, 1.54) is 6.07 Å². The molecule has 4 aromatic rings. The quantitative estimate of drug-likeness (QED) is 0.293. The Morgan fingerprint density at radius 2 is 2.07 bits per heavy atom. The van der Waals surface area contributed by atoms with Gasteiger partial charge in [-0.1, -0.05) is 12.1 Å². The van der Waals surface area contributed by atoms with E-state index in [0.29, 0.717) is 67.1 Å². The number of hydrogen-bond acceptors (Lipinski definition) is 10. The van der Waals surface area contributed by atoms with E-state index < -0.39 is 11.8 Å². The van der Waals surface area contributed by atoms with E-state index in [4.69, 9.17) is 19.5 Å². The third kappa shape index (κ3) is 5.91. The zero-order chi connectivity index (χ0) is 29.9. The number of fused-ring (bicyclic) bond motifs is 1. The highest BCUT2D eigenvalue weighted by atomic mass is 19.1. The number of aromatic carboxylic acids is 1. The molecule has 6 rings (SSSR count). The SMILES string of the molecule is COc1cc(C#N)ccc1COc1cccc(N2C=NN(Cc3nc4c(F)cc(C(=O)O)cc4n3CC3CCO3)CC2)n1. The van der Waals surface area contributed by atoms with Crippen molar-refractivity contribution in [3.05, 3.63) is 76.9 Å². The number of carboxylic acids is 1. The minimum absolute atomic E-state index is 0.0355. The van der Waals surface area contributed by atoms with Crippen molar-refractivity contribution in [1.29, 1.82) is 5.26 Å². The van der Waals surface area contributed by atoms with Crippen LogP contribution in [0.3, 0.4) is 0 Å². The molecular formula is C30H28FN7O5. The summed E-state index contributed by atoms with van der Waals surface area (Å²) in [6.07, 6.45) is 2.50. The summed E-state index contributed by atoms with van der Waals surface area (Å²) in [7, 11) is 1.55. The lowest BCUT2D eigenvalue weighted by atomic mass is 10.1. The molecule has 1 unspecified atom stereocenters. The number of nitriles is 1. The van der Waals surface area contributed by atoms with Gasteiger partial charge in [-0.3, -0.25) is 5.01 Å². The first kappa shape index (κ1) is 27.9. The molecule has 0 saturated carbocycles. The Hall–Kier alpha value is -5.22. The van der Waals surface area contributed by atoms with Gasteiger partial charge in [0.05, 0.1) is 55.6 Å². The fraction of sp³-hybridized carbons (Fsp3) is 0.300. The Kier molecular flexibility index (Phi) is 7.76. The summed E-state index contributed by atoms with van der Waals surface area (Å²) in [5.41, 5.74) is 1.71. The van der Waals surface area contributed by atoms with Gasteiger partial charge < -0.3 is 28.8 Å². The molecule has 2 aromatic carbocycles. The molecule has 0 spiro atoms. The fourth-order valence-electron chi connectivity index (χ4n) is 4.97. The second kappa shape index (κ2) is 11.9. The number of rotatable bonds is 10. The van der Waals surface area contributed by atoms with Gasteiger partial charge in [0.1, 0.15) is 35.9 Å². The van der Waals surface area contributed by atoms with Gasteiger partial charge in [0, 0.05) is 24.8 Å². The molecular weight excluding hydrogens is 557 g/mol. The van der Waals surface area contributed by atoms with E-state index in [-0.39, 0.29) is 23.8 Å². The van der Waals surface area contributed by atoms with Gasteiger partial charge in [-0.05, 0) is 36.8 Å². The number of anilines is 1. The predicted molar refractivity (Wildman–Crippen MR) is 154 cm³/mol. The van der Waals surface area contributed by atoms with Gasteiger partial charge in [0.25, 0.3) is 0 Å². The number of aromatic nitrogens is 3. The molecule has 12 nitrogen and oxygen atoms in total. The first-order valence-electron chi connectivity index (χ1n) is 13.7. The Labute approximate surface area is 246 Å². The van der Waals surface area contributed by atoms with Crippen LogP contribution in [0.5, 0.6) is 11.6 Å². The van der Waals surface area contributed by atoms with Crippen molar-refractivity contribution in [2.45, 2.75) is 32.2 Å². The number of hydrogen-bond donors (Lipinski definition) is 1. The van der Waals surface area contributed by atoms with E-state index >= 15 is 0 Å². The molecule has 1 atom stereocenters. The van der Waals surface area contributed by atoms with E-state index in [9.17, 15) is 14.3 Å². The lowest BCUT2D eigenvalue weighted by molar-refractivity contribution is -0.0592. The van der Waals surface area contributed by atoms with Crippen LogP contribution in [0.15, 0.2) is 53.6 Å². The second-order valence-electron chi connectivity index (χ2n) is 10.1. The van der Waals surface area contributed by atoms with Crippen LogP contribution in [-0.4, -0.2) is 69.9 Å². The van der Waals surface area contributed by atoms with Gasteiger partial charge in [-0.2, -0.15) is 15.3 Å². The average Bonchev–Trinajstić information content (AvgIpc) is 3.35. The molecule has 2 aliphatic heterocycles. The summed E-state index contributed by atoms with van der Waals surface area (Å²) in [5, 5.41) is 25.0. The van der Waals surface area contributed by atoms with Crippen molar-refractivity contribution in [1.82, 2.24) is 19.5 Å². The van der Waals surface area contributed by atoms with Crippen molar-refractivity contribution in [2.75, 3.05) is 31.7 Å². The summed E-state index contributed by atoms with van der Waals surface area (Å²) in [6, 6.07) is 15.2. The molecule has 0 amide bonds. The van der Waals surface area contributed by atoms with Crippen molar-refractivity contribution in [3.63, 3.8) is 0 Å². The topological polar surface area (TPSA) is 138 Å². The molecule has 43 heavy (non-hydrogen) atoms. The van der Waals surface area contributed by atoms with Gasteiger partial charge in [-0.15, -0.1) is 0 Å². The van der Waals surface area contributed by atoms with E-state index in [2.05, 4.69) is 21.1 Å². The first-order valence-corrected chi connectivity index (χ1v) is 13.7. The number of halogens is 1. The molecule has 220 valence electrons. The first-order chi connectivity index (χ1) is 20.9. The number of nitrogens with zero attached hydrogens (tertiary/aromatic N) is 7. The largest absolute Gasteiger partial charge is 0.496 e. The van der Waals surface area contributed by atoms with Crippen LogP contribution < -0.4 is 14.4 Å². The Bertz CT molecular complexity index is 1750. The molecule has 0 radical (unpaired) electrons. The molecule has 1 fully saturated rings. The summed E-state index contributed by atoms with van der Waals surface area (Å²) in [5.74, 6) is 0.345. The van der Waals surface area contributed by atoms with Crippen LogP contribution in [0, 0.1) is 17.1 Å². The van der Waals surface area contributed by atoms with E-state index in [0.717, 1.165) is 18.1 Å². The third-order valence-electron chi connectivity index (χ3n) is 7.39. The van der Waals surface area contributed by atoms with E-state index in [1.54, 1.807) is 37.7 Å². The van der Waals surface area contributed by atoms with Crippen LogP contribution in [-0.2, 0) is 24.4 Å². The number of methoxy groups -OCH3 is 1. The molecule has 1 saturated heterocycles. The highest BCUT2D eigenvalue weighted by Crippen LogP contribution is 2.27. The number of pyridine rings is 1. The van der Waals surface area contributed by atoms with Gasteiger partial charge in [0.2, 0.25) is 5.88 Å². The minimum Gasteiger partial charge on any atom is -0.496 e. The number of carboxylic acid groups (broad SMARTS) is 1. The van der Waals surface area contributed by atoms with Crippen LogP contribution >= 0.6 is 0 Å². The highest BCUT2D eigenvalue weighted by molar-refractivity contribution is 5.92. The summed E-state index contributed by atoms with van der Waals surface area (Å²) in [6.45, 7) is 2.75. The molecule has 0 aliphatic carbocycles. The number of ether oxygens (including phenoxy) is 3.